The number of rotatable bonds is 2. The molecule has 1 aromatic heterocycles. The Morgan fingerprint density at radius 1 is 1.37 bits per heavy atom. The number of hydrogen-bond acceptors (Lipinski definition) is 2. The Hall–Kier alpha value is -1.38. The van der Waals surface area contributed by atoms with Crippen LogP contribution in [0.1, 0.15) is 40.8 Å². The molecule has 3 heteroatoms. The summed E-state index contributed by atoms with van der Waals surface area (Å²) in [4.78, 5) is 4.52. The molecule has 1 aliphatic rings. The molecule has 0 fully saturated rings. The number of fused-ring (bicyclic) bond motifs is 1. The van der Waals surface area contributed by atoms with E-state index in [0.29, 0.717) is 5.92 Å². The van der Waals surface area contributed by atoms with E-state index in [1.54, 1.807) is 0 Å². The minimum Gasteiger partial charge on any atom is -0.323 e. The van der Waals surface area contributed by atoms with Crippen LogP contribution in [-0.2, 0) is 6.42 Å². The summed E-state index contributed by atoms with van der Waals surface area (Å²) in [6.45, 7) is 2.04. The molecule has 19 heavy (non-hydrogen) atoms. The highest BCUT2D eigenvalue weighted by Crippen LogP contribution is 2.39. The van der Waals surface area contributed by atoms with E-state index in [9.17, 15) is 0 Å². The normalized spacial score (nSPS) is 19.2. The fourth-order valence-corrected chi connectivity index (χ4v) is 3.28. The van der Waals surface area contributed by atoms with Gasteiger partial charge in [-0.25, -0.2) is 0 Å². The molecule has 1 aromatic carbocycles. The van der Waals surface area contributed by atoms with Crippen molar-refractivity contribution >= 4 is 11.6 Å². The molecule has 0 spiro atoms. The predicted molar refractivity (Wildman–Crippen MR) is 78.4 cm³/mol. The molecule has 0 bridgehead atoms. The molecule has 0 amide bonds. The van der Waals surface area contributed by atoms with E-state index in [1.807, 2.05) is 31.3 Å². The molecule has 0 saturated carbocycles. The molecule has 0 saturated heterocycles. The van der Waals surface area contributed by atoms with Gasteiger partial charge in [-0.15, -0.1) is 0 Å². The lowest BCUT2D eigenvalue weighted by Gasteiger charge is -2.20. The summed E-state index contributed by atoms with van der Waals surface area (Å²) in [5.41, 5.74) is 11.2. The third kappa shape index (κ3) is 2.38. The van der Waals surface area contributed by atoms with Gasteiger partial charge in [-0.1, -0.05) is 23.7 Å². The number of aryl methyl sites for hydroxylation is 2. The van der Waals surface area contributed by atoms with Crippen LogP contribution in [0.3, 0.4) is 0 Å². The summed E-state index contributed by atoms with van der Waals surface area (Å²) in [6.07, 6.45) is 3.99. The van der Waals surface area contributed by atoms with E-state index in [0.717, 1.165) is 34.7 Å². The summed E-state index contributed by atoms with van der Waals surface area (Å²) < 4.78 is 0. The zero-order valence-electron chi connectivity index (χ0n) is 10.9. The highest BCUT2D eigenvalue weighted by Gasteiger charge is 2.29. The lowest BCUT2D eigenvalue weighted by atomic mass is 9.91. The van der Waals surface area contributed by atoms with Crippen molar-refractivity contribution in [1.29, 1.82) is 0 Å². The molecule has 2 aromatic rings. The number of halogens is 1. The predicted octanol–water partition coefficient (Wildman–Crippen LogP) is 3.77. The molecule has 2 nitrogen and oxygen atoms in total. The van der Waals surface area contributed by atoms with Crippen molar-refractivity contribution in [2.24, 2.45) is 5.73 Å². The average Bonchev–Trinajstić information content (AvgIpc) is 2.80. The van der Waals surface area contributed by atoms with Crippen LogP contribution >= 0.6 is 11.6 Å². The Morgan fingerprint density at radius 3 is 3.00 bits per heavy atom. The van der Waals surface area contributed by atoms with Crippen molar-refractivity contribution in [3.8, 4) is 0 Å². The van der Waals surface area contributed by atoms with Gasteiger partial charge in [0.05, 0.1) is 0 Å². The topological polar surface area (TPSA) is 38.9 Å². The van der Waals surface area contributed by atoms with Gasteiger partial charge in [0.1, 0.15) is 0 Å². The lowest BCUT2D eigenvalue weighted by Crippen LogP contribution is -2.19. The van der Waals surface area contributed by atoms with Crippen molar-refractivity contribution in [2.45, 2.75) is 31.7 Å². The second-order valence-corrected chi connectivity index (χ2v) is 5.72. The fourth-order valence-electron chi connectivity index (χ4n) is 2.98. The second-order valence-electron chi connectivity index (χ2n) is 5.28. The first-order chi connectivity index (χ1) is 9.15. The second kappa shape index (κ2) is 4.95. The quantitative estimate of drug-likeness (QED) is 0.904. The van der Waals surface area contributed by atoms with Gasteiger partial charge in [-0.05, 0) is 54.7 Å². The Morgan fingerprint density at radius 2 is 2.21 bits per heavy atom. The molecule has 0 radical (unpaired) electrons. The largest absolute Gasteiger partial charge is 0.323 e. The molecule has 2 unspecified atom stereocenters. The summed E-state index contributed by atoms with van der Waals surface area (Å²) in [6, 6.07) is 10.2. The van der Waals surface area contributed by atoms with Crippen LogP contribution < -0.4 is 5.73 Å². The monoisotopic (exact) mass is 272 g/mol. The number of nitrogens with zero attached hydrogens (tertiary/aromatic N) is 1. The van der Waals surface area contributed by atoms with Crippen LogP contribution in [0.25, 0.3) is 0 Å². The first-order valence-electron chi connectivity index (χ1n) is 6.61. The number of pyridine rings is 1. The molecule has 2 atom stereocenters. The highest BCUT2D eigenvalue weighted by atomic mass is 35.5. The van der Waals surface area contributed by atoms with Crippen LogP contribution in [-0.4, -0.2) is 4.98 Å². The zero-order chi connectivity index (χ0) is 13.4. The van der Waals surface area contributed by atoms with Gasteiger partial charge in [0.25, 0.3) is 0 Å². The Bertz CT molecular complexity index is 589. The van der Waals surface area contributed by atoms with E-state index < -0.39 is 0 Å². The SMILES string of the molecule is Cc1cc(Cl)cc(C(N)C2CCc3cccnc32)c1. The highest BCUT2D eigenvalue weighted by molar-refractivity contribution is 6.30. The number of benzene rings is 1. The molecular formula is C16H17ClN2. The van der Waals surface area contributed by atoms with E-state index in [4.69, 9.17) is 17.3 Å². The van der Waals surface area contributed by atoms with E-state index >= 15 is 0 Å². The minimum atomic E-state index is -0.0338. The van der Waals surface area contributed by atoms with Crippen molar-refractivity contribution in [3.63, 3.8) is 0 Å². The maximum Gasteiger partial charge on any atom is 0.0485 e. The Labute approximate surface area is 118 Å². The molecule has 3 rings (SSSR count). The zero-order valence-corrected chi connectivity index (χ0v) is 11.7. The van der Waals surface area contributed by atoms with Crippen LogP contribution in [0.15, 0.2) is 36.5 Å². The molecule has 2 N–H and O–H groups in total. The molecule has 1 aliphatic carbocycles. The van der Waals surface area contributed by atoms with Crippen LogP contribution in [0.2, 0.25) is 5.02 Å². The Kier molecular flexibility index (Phi) is 3.29. The summed E-state index contributed by atoms with van der Waals surface area (Å²) in [5.74, 6) is 0.300. The van der Waals surface area contributed by atoms with Gasteiger partial charge in [-0.2, -0.15) is 0 Å². The lowest BCUT2D eigenvalue weighted by molar-refractivity contribution is 0.541. The fraction of sp³-hybridized carbons (Fsp3) is 0.312. The summed E-state index contributed by atoms with van der Waals surface area (Å²) in [5, 5.41) is 0.754. The van der Waals surface area contributed by atoms with E-state index in [2.05, 4.69) is 17.1 Å². The summed E-state index contributed by atoms with van der Waals surface area (Å²) >= 11 is 6.13. The van der Waals surface area contributed by atoms with Gasteiger partial charge >= 0.3 is 0 Å². The molecule has 0 aliphatic heterocycles. The van der Waals surface area contributed by atoms with Crippen LogP contribution in [0, 0.1) is 6.92 Å². The number of aromatic nitrogens is 1. The molecular weight excluding hydrogens is 256 g/mol. The summed E-state index contributed by atoms with van der Waals surface area (Å²) in [7, 11) is 0. The first-order valence-corrected chi connectivity index (χ1v) is 6.99. The smallest absolute Gasteiger partial charge is 0.0485 e. The number of hydrogen-bond donors (Lipinski definition) is 1. The standard InChI is InChI=1S/C16H17ClN2/c1-10-7-12(9-13(17)8-10)15(18)14-5-4-11-3-2-6-19-16(11)14/h2-3,6-9,14-15H,4-5,18H2,1H3. The maximum atomic E-state index is 6.45. The van der Waals surface area contributed by atoms with Gasteiger partial charge in [0.15, 0.2) is 0 Å². The van der Waals surface area contributed by atoms with E-state index in [-0.39, 0.29) is 6.04 Å². The average molecular weight is 273 g/mol. The third-order valence-corrected chi connectivity index (χ3v) is 4.10. The van der Waals surface area contributed by atoms with Crippen molar-refractivity contribution in [2.75, 3.05) is 0 Å². The van der Waals surface area contributed by atoms with Crippen LogP contribution in [0.5, 0.6) is 0 Å². The maximum absolute atomic E-state index is 6.45. The van der Waals surface area contributed by atoms with E-state index in [1.165, 1.54) is 5.56 Å². The van der Waals surface area contributed by atoms with Gasteiger partial charge in [0, 0.05) is 28.9 Å². The Balaban J connectivity index is 1.95. The van der Waals surface area contributed by atoms with Crippen LogP contribution in [0.4, 0.5) is 0 Å². The van der Waals surface area contributed by atoms with Gasteiger partial charge < -0.3 is 5.73 Å². The minimum absolute atomic E-state index is 0.0338. The molecule has 98 valence electrons. The van der Waals surface area contributed by atoms with Gasteiger partial charge in [-0.3, -0.25) is 4.98 Å². The van der Waals surface area contributed by atoms with Crippen molar-refractivity contribution in [1.82, 2.24) is 4.98 Å². The van der Waals surface area contributed by atoms with Crippen molar-refractivity contribution in [3.05, 3.63) is 63.9 Å². The first kappa shape index (κ1) is 12.6. The van der Waals surface area contributed by atoms with Crippen molar-refractivity contribution < 1.29 is 0 Å². The molecule has 1 heterocycles. The number of nitrogens with two attached hydrogens (primary N) is 1. The third-order valence-electron chi connectivity index (χ3n) is 3.88. The van der Waals surface area contributed by atoms with Gasteiger partial charge in [0.2, 0.25) is 0 Å².